The lowest BCUT2D eigenvalue weighted by Gasteiger charge is -2.24. The topological polar surface area (TPSA) is 78.5 Å². The SMILES string of the molecule is CNC(=O)CN1C(=O)NC(C)(c2ccc(C(C)(C)C)cc2)C1=O. The van der Waals surface area contributed by atoms with Crippen LogP contribution in [0.15, 0.2) is 24.3 Å². The third kappa shape index (κ3) is 3.06. The van der Waals surface area contributed by atoms with Gasteiger partial charge in [-0.05, 0) is 23.5 Å². The number of urea groups is 1. The molecular weight excluding hydrogens is 294 g/mol. The molecule has 0 aliphatic carbocycles. The van der Waals surface area contributed by atoms with Crippen molar-refractivity contribution in [2.75, 3.05) is 13.6 Å². The lowest BCUT2D eigenvalue weighted by Crippen LogP contribution is -2.42. The standard InChI is InChI=1S/C17H23N3O3/c1-16(2,3)11-6-8-12(9-7-11)17(4)14(22)20(15(23)19-17)10-13(21)18-5/h6-9H,10H2,1-5H3,(H,18,21)(H,19,23). The molecule has 1 unspecified atom stereocenters. The number of nitrogens with one attached hydrogen (secondary N) is 2. The second-order valence-corrected chi connectivity index (χ2v) is 6.95. The number of likely N-dealkylation sites (N-methyl/N-ethyl adjacent to an activating group) is 1. The van der Waals surface area contributed by atoms with Crippen LogP contribution in [-0.2, 0) is 20.5 Å². The maximum absolute atomic E-state index is 12.6. The Morgan fingerprint density at radius 2 is 1.78 bits per heavy atom. The first-order chi connectivity index (χ1) is 10.6. The molecule has 2 rings (SSSR count). The Kier molecular flexibility index (Phi) is 4.20. The number of amides is 4. The van der Waals surface area contributed by atoms with Gasteiger partial charge < -0.3 is 10.6 Å². The molecule has 1 aliphatic heterocycles. The van der Waals surface area contributed by atoms with Crippen LogP contribution in [0.3, 0.4) is 0 Å². The van der Waals surface area contributed by atoms with Crippen LogP contribution >= 0.6 is 0 Å². The van der Waals surface area contributed by atoms with Gasteiger partial charge in [0.1, 0.15) is 12.1 Å². The van der Waals surface area contributed by atoms with Gasteiger partial charge in [0.25, 0.3) is 5.91 Å². The summed E-state index contributed by atoms with van der Waals surface area (Å²) in [6.45, 7) is 7.70. The molecule has 1 aliphatic rings. The van der Waals surface area contributed by atoms with Crippen molar-refractivity contribution < 1.29 is 14.4 Å². The fourth-order valence-electron chi connectivity index (χ4n) is 2.56. The third-order valence-corrected chi connectivity index (χ3v) is 4.18. The minimum Gasteiger partial charge on any atom is -0.358 e. The van der Waals surface area contributed by atoms with Crippen molar-refractivity contribution in [2.45, 2.75) is 38.6 Å². The number of hydrogen-bond acceptors (Lipinski definition) is 3. The summed E-state index contributed by atoms with van der Waals surface area (Å²) in [5.41, 5.74) is 0.696. The summed E-state index contributed by atoms with van der Waals surface area (Å²) in [4.78, 5) is 37.1. The van der Waals surface area contributed by atoms with E-state index in [2.05, 4.69) is 31.4 Å². The zero-order valence-corrected chi connectivity index (χ0v) is 14.2. The summed E-state index contributed by atoms with van der Waals surface area (Å²) in [5, 5.41) is 5.10. The predicted molar refractivity (Wildman–Crippen MR) is 86.8 cm³/mol. The fourth-order valence-corrected chi connectivity index (χ4v) is 2.56. The van der Waals surface area contributed by atoms with Crippen LogP contribution in [0.25, 0.3) is 0 Å². The molecule has 124 valence electrons. The van der Waals surface area contributed by atoms with Crippen molar-refractivity contribution in [3.05, 3.63) is 35.4 Å². The molecule has 6 nitrogen and oxygen atoms in total. The zero-order chi connectivity index (χ0) is 17.4. The van der Waals surface area contributed by atoms with Crippen LogP contribution in [-0.4, -0.2) is 36.3 Å². The van der Waals surface area contributed by atoms with Crippen LogP contribution in [0, 0.1) is 0 Å². The lowest BCUT2D eigenvalue weighted by atomic mass is 9.84. The maximum Gasteiger partial charge on any atom is 0.325 e. The highest BCUT2D eigenvalue weighted by molar-refractivity contribution is 6.09. The van der Waals surface area contributed by atoms with Gasteiger partial charge in [-0.25, -0.2) is 4.79 Å². The van der Waals surface area contributed by atoms with Gasteiger partial charge in [0.15, 0.2) is 0 Å². The highest BCUT2D eigenvalue weighted by Crippen LogP contribution is 2.30. The van der Waals surface area contributed by atoms with E-state index in [9.17, 15) is 14.4 Å². The minimum absolute atomic E-state index is 0.00756. The largest absolute Gasteiger partial charge is 0.358 e. The van der Waals surface area contributed by atoms with Gasteiger partial charge in [0.05, 0.1) is 0 Å². The number of imide groups is 1. The van der Waals surface area contributed by atoms with Crippen LogP contribution in [0.5, 0.6) is 0 Å². The normalized spacial score (nSPS) is 21.3. The molecule has 0 saturated carbocycles. The number of carbonyl (C=O) groups excluding carboxylic acids is 3. The molecular formula is C17H23N3O3. The van der Waals surface area contributed by atoms with Crippen molar-refractivity contribution in [3.63, 3.8) is 0 Å². The summed E-state index contributed by atoms with van der Waals surface area (Å²) in [7, 11) is 1.46. The van der Waals surface area contributed by atoms with E-state index in [-0.39, 0.29) is 17.9 Å². The molecule has 4 amide bonds. The van der Waals surface area contributed by atoms with E-state index < -0.39 is 17.5 Å². The fraction of sp³-hybridized carbons (Fsp3) is 0.471. The molecule has 1 atom stereocenters. The van der Waals surface area contributed by atoms with Gasteiger partial charge in [-0.3, -0.25) is 14.5 Å². The van der Waals surface area contributed by atoms with Gasteiger partial charge in [-0.2, -0.15) is 0 Å². The number of rotatable bonds is 3. The Morgan fingerprint density at radius 1 is 1.22 bits per heavy atom. The molecule has 1 fully saturated rings. The number of nitrogens with zero attached hydrogens (tertiary/aromatic N) is 1. The monoisotopic (exact) mass is 317 g/mol. The van der Waals surface area contributed by atoms with E-state index in [1.54, 1.807) is 6.92 Å². The Morgan fingerprint density at radius 3 is 2.26 bits per heavy atom. The summed E-state index contributed by atoms with van der Waals surface area (Å²) in [5.74, 6) is -0.810. The number of hydrogen-bond donors (Lipinski definition) is 2. The van der Waals surface area contributed by atoms with Gasteiger partial charge in [0.2, 0.25) is 5.91 Å². The lowest BCUT2D eigenvalue weighted by molar-refractivity contribution is -0.134. The summed E-state index contributed by atoms with van der Waals surface area (Å²) >= 11 is 0. The molecule has 0 radical (unpaired) electrons. The maximum atomic E-state index is 12.6. The summed E-state index contributed by atoms with van der Waals surface area (Å²) in [6, 6.07) is 7.06. The number of carbonyl (C=O) groups is 3. The Bertz CT molecular complexity index is 646. The molecule has 6 heteroatoms. The predicted octanol–water partition coefficient (Wildman–Crippen LogP) is 1.50. The molecule has 1 aromatic rings. The molecule has 0 spiro atoms. The second-order valence-electron chi connectivity index (χ2n) is 6.95. The van der Waals surface area contributed by atoms with E-state index in [0.29, 0.717) is 5.56 Å². The summed E-state index contributed by atoms with van der Waals surface area (Å²) in [6.07, 6.45) is 0. The van der Waals surface area contributed by atoms with Crippen molar-refractivity contribution in [3.8, 4) is 0 Å². The van der Waals surface area contributed by atoms with Gasteiger partial charge >= 0.3 is 6.03 Å². The third-order valence-electron chi connectivity index (χ3n) is 4.18. The molecule has 1 aromatic carbocycles. The van der Waals surface area contributed by atoms with Gasteiger partial charge in [0, 0.05) is 7.05 Å². The number of benzene rings is 1. The van der Waals surface area contributed by atoms with E-state index in [0.717, 1.165) is 10.5 Å². The molecule has 1 heterocycles. The zero-order valence-electron chi connectivity index (χ0n) is 14.2. The highest BCUT2D eigenvalue weighted by atomic mass is 16.2. The molecule has 0 bridgehead atoms. The quantitative estimate of drug-likeness (QED) is 0.829. The molecule has 23 heavy (non-hydrogen) atoms. The van der Waals surface area contributed by atoms with Crippen LogP contribution in [0.1, 0.15) is 38.8 Å². The first kappa shape index (κ1) is 17.0. The van der Waals surface area contributed by atoms with Gasteiger partial charge in [-0.1, -0.05) is 45.0 Å². The first-order valence-corrected chi connectivity index (χ1v) is 7.55. The van der Waals surface area contributed by atoms with Crippen molar-refractivity contribution in [1.29, 1.82) is 0 Å². The van der Waals surface area contributed by atoms with Crippen LogP contribution in [0.4, 0.5) is 4.79 Å². The molecule has 2 N–H and O–H groups in total. The van der Waals surface area contributed by atoms with E-state index in [1.165, 1.54) is 7.05 Å². The Hall–Kier alpha value is -2.37. The van der Waals surface area contributed by atoms with E-state index >= 15 is 0 Å². The Labute approximate surface area is 136 Å². The van der Waals surface area contributed by atoms with Crippen molar-refractivity contribution in [2.24, 2.45) is 0 Å². The smallest absolute Gasteiger partial charge is 0.325 e. The van der Waals surface area contributed by atoms with Crippen LogP contribution < -0.4 is 10.6 Å². The molecule has 0 aromatic heterocycles. The molecule has 1 saturated heterocycles. The average molecular weight is 317 g/mol. The Balaban J connectivity index is 2.30. The van der Waals surface area contributed by atoms with Crippen molar-refractivity contribution >= 4 is 17.8 Å². The van der Waals surface area contributed by atoms with E-state index in [1.807, 2.05) is 24.3 Å². The van der Waals surface area contributed by atoms with Crippen molar-refractivity contribution in [1.82, 2.24) is 15.5 Å². The van der Waals surface area contributed by atoms with E-state index in [4.69, 9.17) is 0 Å². The second kappa shape index (κ2) is 5.68. The average Bonchev–Trinajstić information content (AvgIpc) is 2.71. The summed E-state index contributed by atoms with van der Waals surface area (Å²) < 4.78 is 0. The highest BCUT2D eigenvalue weighted by Gasteiger charge is 2.49. The first-order valence-electron chi connectivity index (χ1n) is 7.55. The van der Waals surface area contributed by atoms with Gasteiger partial charge in [-0.15, -0.1) is 0 Å². The minimum atomic E-state index is -1.15. The van der Waals surface area contributed by atoms with Crippen LogP contribution in [0.2, 0.25) is 0 Å².